The maximum absolute atomic E-state index is 14.2. The van der Waals surface area contributed by atoms with E-state index in [1.807, 2.05) is 13.8 Å². The first-order valence-corrected chi connectivity index (χ1v) is 21.9. The van der Waals surface area contributed by atoms with E-state index >= 15 is 0 Å². The second-order valence-corrected chi connectivity index (χ2v) is 16.2. The first-order chi connectivity index (χ1) is 31.8. The predicted molar refractivity (Wildman–Crippen MR) is 250 cm³/mol. The van der Waals surface area contributed by atoms with Gasteiger partial charge in [-0.15, -0.1) is 0 Å². The summed E-state index contributed by atoms with van der Waals surface area (Å²) < 4.78 is 21.9. The molecule has 5 amide bonds. The predicted octanol–water partition coefficient (Wildman–Crippen LogP) is 0.645. The van der Waals surface area contributed by atoms with Crippen molar-refractivity contribution in [3.8, 4) is 23.0 Å². The fourth-order valence-corrected chi connectivity index (χ4v) is 7.05. The summed E-state index contributed by atoms with van der Waals surface area (Å²) in [6.07, 6.45) is 4.11. The van der Waals surface area contributed by atoms with Crippen LogP contribution in [0.1, 0.15) is 76.8 Å². The number of unbranched alkanes of at least 4 members (excludes halogenated alkanes) is 1. The molecule has 3 rings (SSSR count). The Morgan fingerprint density at radius 1 is 0.851 bits per heavy atom. The van der Waals surface area contributed by atoms with Crippen LogP contribution in [-0.2, 0) is 24.0 Å². The number of aliphatic hydroxyl groups is 1. The molecular weight excluding hydrogens is 875 g/mol. The van der Waals surface area contributed by atoms with Gasteiger partial charge in [0.05, 0.1) is 46.3 Å². The molecular formula is C44H67N11O12. The molecule has 0 spiro atoms. The van der Waals surface area contributed by atoms with Crippen LogP contribution in [0.15, 0.2) is 35.3 Å². The summed E-state index contributed by atoms with van der Waals surface area (Å²) >= 11 is 0. The van der Waals surface area contributed by atoms with Crippen molar-refractivity contribution in [2.24, 2.45) is 28.1 Å². The number of amides is 5. The van der Waals surface area contributed by atoms with Crippen molar-refractivity contribution < 1.29 is 53.1 Å². The number of aliphatic hydroxyl groups excluding tert-OH is 1. The van der Waals surface area contributed by atoms with Crippen LogP contribution in [0.5, 0.6) is 23.0 Å². The Hall–Kier alpha value is -6.72. The van der Waals surface area contributed by atoms with Gasteiger partial charge in [0.25, 0.3) is 5.96 Å². The van der Waals surface area contributed by atoms with Crippen molar-refractivity contribution in [2.45, 2.75) is 102 Å². The van der Waals surface area contributed by atoms with Crippen molar-refractivity contribution in [1.29, 1.82) is 0 Å². The monoisotopic (exact) mass is 941 g/mol. The Morgan fingerprint density at radius 2 is 1.49 bits per heavy atom. The second-order valence-electron chi connectivity index (χ2n) is 16.2. The quantitative estimate of drug-likeness (QED) is 0.0156. The molecule has 23 nitrogen and oxygen atoms in total. The van der Waals surface area contributed by atoms with Crippen molar-refractivity contribution >= 4 is 53.3 Å². The average molecular weight is 942 g/mol. The summed E-state index contributed by atoms with van der Waals surface area (Å²) in [6, 6.07) is 3.20. The smallest absolute Gasteiger partial charge is 0.251 e. The van der Waals surface area contributed by atoms with Gasteiger partial charge in [-0.1, -0.05) is 37.5 Å². The third kappa shape index (κ3) is 16.6. The van der Waals surface area contributed by atoms with Crippen LogP contribution >= 0.6 is 0 Å². The Labute approximate surface area is 390 Å². The lowest BCUT2D eigenvalue weighted by molar-refractivity contribution is -0.525. The number of hydrogen-bond donors (Lipinski definition) is 9. The van der Waals surface area contributed by atoms with E-state index in [0.717, 1.165) is 5.56 Å². The fraction of sp³-hybridized carbons (Fsp3) is 0.545. The van der Waals surface area contributed by atoms with Gasteiger partial charge in [0.15, 0.2) is 16.5 Å². The number of nitrogens with one attached hydrogen (secondary N) is 5. The summed E-state index contributed by atoms with van der Waals surface area (Å²) in [6.45, 7) is 5.38. The minimum Gasteiger partial charge on any atom is -0.495 e. The number of ether oxygens (including phenoxy) is 4. The Bertz CT molecular complexity index is 2060. The number of rotatable bonds is 26. The number of nitrogens with two attached hydrogens (primary N) is 3. The number of guanidine groups is 1. The van der Waals surface area contributed by atoms with Crippen molar-refractivity contribution in [3.05, 3.63) is 51.6 Å². The summed E-state index contributed by atoms with van der Waals surface area (Å²) in [5.41, 5.74) is 20.8. The zero-order valence-corrected chi connectivity index (χ0v) is 39.2. The third-order valence-corrected chi connectivity index (χ3v) is 10.9. The van der Waals surface area contributed by atoms with Crippen molar-refractivity contribution in [1.82, 2.24) is 26.3 Å². The lowest BCUT2D eigenvalue weighted by Crippen LogP contribution is -2.58. The molecule has 0 aromatic heterocycles. The SMILES string of the molecule is COc1ccc(/C=C\c2cc(OC)c(OC)c(OC)c2)cc1NC(=O)[C@H](CCCN=C(N)N[N+](=O)[O-])NC(=O)[C@@H]1CCCN1C(=O)[C@H](CCCCNC(=O)[C@@H](N)C(C)C)NC(=O)[C@@H](N)[C@@H](C)O. The normalized spacial score (nSPS) is 16.0. The molecule has 2 aromatic carbocycles. The van der Waals surface area contributed by atoms with Crippen LogP contribution < -0.4 is 62.8 Å². The third-order valence-electron chi connectivity index (χ3n) is 10.9. The van der Waals surface area contributed by atoms with E-state index in [0.29, 0.717) is 47.8 Å². The van der Waals surface area contributed by atoms with Gasteiger partial charge in [-0.25, -0.2) is 15.1 Å². The van der Waals surface area contributed by atoms with Crippen LogP contribution in [0.25, 0.3) is 12.2 Å². The highest BCUT2D eigenvalue weighted by Crippen LogP contribution is 2.39. The van der Waals surface area contributed by atoms with E-state index in [1.54, 1.807) is 47.9 Å². The van der Waals surface area contributed by atoms with E-state index < -0.39 is 70.9 Å². The highest BCUT2D eigenvalue weighted by atomic mass is 16.7. The molecule has 6 atom stereocenters. The molecule has 12 N–H and O–H groups in total. The molecule has 0 unspecified atom stereocenters. The number of anilines is 1. The topological polar surface area (TPSA) is 339 Å². The number of nitro groups is 1. The van der Waals surface area contributed by atoms with E-state index in [9.17, 15) is 39.2 Å². The molecule has 370 valence electrons. The summed E-state index contributed by atoms with van der Waals surface area (Å²) in [4.78, 5) is 84.0. The molecule has 23 heteroatoms. The number of carbonyl (C=O) groups is 5. The molecule has 1 fully saturated rings. The number of hydrogen-bond acceptors (Lipinski definition) is 15. The van der Waals surface area contributed by atoms with Gasteiger partial charge in [0.2, 0.25) is 35.3 Å². The van der Waals surface area contributed by atoms with Gasteiger partial charge in [-0.3, -0.25) is 24.0 Å². The fourth-order valence-electron chi connectivity index (χ4n) is 7.05. The van der Waals surface area contributed by atoms with Gasteiger partial charge >= 0.3 is 0 Å². The molecule has 0 saturated carbocycles. The van der Waals surface area contributed by atoms with Crippen LogP contribution in [0.3, 0.4) is 0 Å². The van der Waals surface area contributed by atoms with Crippen LogP contribution in [0.2, 0.25) is 0 Å². The van der Waals surface area contributed by atoms with Gasteiger partial charge in [-0.05, 0) is 93.2 Å². The maximum Gasteiger partial charge on any atom is 0.251 e. The van der Waals surface area contributed by atoms with E-state index in [2.05, 4.69) is 26.3 Å². The van der Waals surface area contributed by atoms with E-state index in [-0.39, 0.29) is 62.8 Å². The number of likely N-dealkylation sites (tertiary alicyclic amines) is 1. The molecule has 67 heavy (non-hydrogen) atoms. The van der Waals surface area contributed by atoms with Crippen LogP contribution in [-0.4, -0.2) is 135 Å². The maximum atomic E-state index is 14.2. The Morgan fingerprint density at radius 3 is 2.09 bits per heavy atom. The molecule has 1 saturated heterocycles. The van der Waals surface area contributed by atoms with Crippen molar-refractivity contribution in [3.63, 3.8) is 0 Å². The number of nitrogens with zero attached hydrogens (tertiary/aromatic N) is 3. The standard InChI is InChI=1S/C44H67N11O12/c1-25(2)36(45)41(59)48-19-9-8-12-30(51-42(60)37(46)26(3)56)43(61)54-21-11-14-32(54)40(58)50-29(13-10-20-49-44(47)53-55(62)63)39(57)52-31-22-27(17-18-33(31)64-4)15-16-28-23-34(65-5)38(67-7)35(24-28)66-6/h15-18,22-26,29-30,32,36-37,56H,8-14,19-21,45-46H2,1-7H3,(H,48,59)(H,50,58)(H,51,60)(H,52,57)(H3,47,49,53)/b16-15-/t26-,29+,30+,32+,36+,37+/m1/s1. The Kier molecular flexibility index (Phi) is 22.0. The first kappa shape index (κ1) is 54.6. The number of benzene rings is 2. The van der Waals surface area contributed by atoms with Gasteiger partial charge in [0, 0.05) is 19.6 Å². The van der Waals surface area contributed by atoms with Crippen LogP contribution in [0, 0.1) is 16.0 Å². The highest BCUT2D eigenvalue weighted by molar-refractivity contribution is 6.00. The summed E-state index contributed by atoms with van der Waals surface area (Å²) in [5.74, 6) is -1.81. The average Bonchev–Trinajstić information content (AvgIpc) is 3.80. The summed E-state index contributed by atoms with van der Waals surface area (Å²) in [7, 11) is 5.95. The number of hydrazine groups is 1. The second kappa shape index (κ2) is 27.0. The largest absolute Gasteiger partial charge is 0.495 e. The Balaban J connectivity index is 1.87. The van der Waals surface area contributed by atoms with E-state index in [4.69, 9.17) is 36.1 Å². The van der Waals surface area contributed by atoms with Crippen LogP contribution in [0.4, 0.5) is 5.69 Å². The molecule has 2 aromatic rings. The van der Waals surface area contributed by atoms with E-state index in [1.165, 1.54) is 40.3 Å². The molecule has 0 radical (unpaired) electrons. The molecule has 0 aliphatic carbocycles. The number of carbonyl (C=O) groups excluding carboxylic acids is 5. The lowest BCUT2D eigenvalue weighted by atomic mass is 10.0. The van der Waals surface area contributed by atoms with Crippen molar-refractivity contribution in [2.75, 3.05) is 53.4 Å². The number of methoxy groups -OCH3 is 4. The first-order valence-electron chi connectivity index (χ1n) is 21.9. The lowest BCUT2D eigenvalue weighted by Gasteiger charge is -2.30. The molecule has 1 heterocycles. The highest BCUT2D eigenvalue weighted by Gasteiger charge is 2.39. The summed E-state index contributed by atoms with van der Waals surface area (Å²) in [5, 5.41) is 31.0. The molecule has 1 aliphatic rings. The van der Waals surface area contributed by atoms with Gasteiger partial charge in [-0.2, -0.15) is 0 Å². The molecule has 0 bridgehead atoms. The van der Waals surface area contributed by atoms with Gasteiger partial charge in [0.1, 0.15) is 29.9 Å². The minimum atomic E-state index is -1.34. The number of aliphatic imine (C=N–C) groups is 1. The molecule has 1 aliphatic heterocycles. The zero-order chi connectivity index (χ0) is 49.8. The zero-order valence-electron chi connectivity index (χ0n) is 39.2. The minimum absolute atomic E-state index is 0.00888. The van der Waals surface area contributed by atoms with Gasteiger partial charge < -0.3 is 67.4 Å².